The van der Waals surface area contributed by atoms with Gasteiger partial charge in [0, 0.05) is 24.2 Å². The molecule has 4 nitrogen and oxygen atoms in total. The van der Waals surface area contributed by atoms with Crippen LogP contribution in [0, 0.1) is 5.82 Å². The molecule has 0 saturated heterocycles. The molecule has 0 unspecified atom stereocenters. The average molecular weight is 314 g/mol. The number of hydrogen-bond donors (Lipinski definition) is 0. The van der Waals surface area contributed by atoms with E-state index in [2.05, 4.69) is 23.7 Å². The van der Waals surface area contributed by atoms with Gasteiger partial charge in [-0.25, -0.2) is 9.37 Å². The standard InChI is InChI=1S/C15H21ClFN3O/c1-15(2,19(3)4)9-20-12-7-13(21-5)10(17)6-11(12)18-14(20)8-16/h6-7H,8-9H2,1-5H3. The van der Waals surface area contributed by atoms with Crippen molar-refractivity contribution >= 4 is 22.6 Å². The molecule has 21 heavy (non-hydrogen) atoms. The van der Waals surface area contributed by atoms with Gasteiger partial charge in [0.05, 0.1) is 24.0 Å². The minimum Gasteiger partial charge on any atom is -0.494 e. The molecule has 0 radical (unpaired) electrons. The first-order valence-corrected chi connectivity index (χ1v) is 7.29. The molecule has 0 fully saturated rings. The molecule has 0 bridgehead atoms. The number of methoxy groups -OCH3 is 1. The molecular formula is C15H21ClFN3O. The third-order valence-electron chi connectivity index (χ3n) is 3.98. The van der Waals surface area contributed by atoms with Crippen LogP contribution in [0.4, 0.5) is 4.39 Å². The van der Waals surface area contributed by atoms with Gasteiger partial charge in [-0.2, -0.15) is 0 Å². The van der Waals surface area contributed by atoms with Crippen LogP contribution in [-0.2, 0) is 12.4 Å². The number of likely N-dealkylation sites (N-methyl/N-ethyl adjacent to an activating group) is 1. The zero-order chi connectivity index (χ0) is 15.8. The fourth-order valence-electron chi connectivity index (χ4n) is 2.14. The molecule has 1 aromatic carbocycles. The zero-order valence-electron chi connectivity index (χ0n) is 13.1. The number of alkyl halides is 1. The number of nitrogens with zero attached hydrogens (tertiary/aromatic N) is 3. The lowest BCUT2D eigenvalue weighted by Crippen LogP contribution is -2.42. The average Bonchev–Trinajstić information content (AvgIpc) is 2.74. The molecule has 0 saturated carbocycles. The Labute approximate surface area is 129 Å². The van der Waals surface area contributed by atoms with Crippen molar-refractivity contribution in [2.45, 2.75) is 31.8 Å². The maximum absolute atomic E-state index is 13.8. The van der Waals surface area contributed by atoms with E-state index in [9.17, 15) is 4.39 Å². The van der Waals surface area contributed by atoms with E-state index in [0.29, 0.717) is 12.1 Å². The van der Waals surface area contributed by atoms with Crippen LogP contribution in [0.5, 0.6) is 5.75 Å². The van der Waals surface area contributed by atoms with Crippen LogP contribution in [0.2, 0.25) is 0 Å². The smallest absolute Gasteiger partial charge is 0.167 e. The highest BCUT2D eigenvalue weighted by Gasteiger charge is 2.24. The molecule has 0 N–H and O–H groups in total. The molecule has 0 spiro atoms. The third-order valence-corrected chi connectivity index (χ3v) is 4.22. The van der Waals surface area contributed by atoms with Crippen molar-refractivity contribution < 1.29 is 9.13 Å². The fourth-order valence-corrected chi connectivity index (χ4v) is 2.34. The van der Waals surface area contributed by atoms with Gasteiger partial charge in [-0.15, -0.1) is 11.6 Å². The molecule has 0 amide bonds. The first kappa shape index (κ1) is 16.0. The van der Waals surface area contributed by atoms with E-state index < -0.39 is 5.82 Å². The van der Waals surface area contributed by atoms with Crippen LogP contribution >= 0.6 is 11.6 Å². The number of benzene rings is 1. The molecule has 1 aromatic heterocycles. The molecule has 2 rings (SSSR count). The highest BCUT2D eigenvalue weighted by molar-refractivity contribution is 6.16. The second kappa shape index (κ2) is 5.81. The molecule has 2 aromatic rings. The van der Waals surface area contributed by atoms with Gasteiger partial charge in [0.25, 0.3) is 0 Å². The van der Waals surface area contributed by atoms with Gasteiger partial charge in [0.1, 0.15) is 5.82 Å². The van der Waals surface area contributed by atoms with Crippen LogP contribution < -0.4 is 4.74 Å². The Hall–Kier alpha value is -1.33. The molecule has 0 aliphatic rings. The van der Waals surface area contributed by atoms with Crippen molar-refractivity contribution in [1.29, 1.82) is 0 Å². The summed E-state index contributed by atoms with van der Waals surface area (Å²) in [6, 6.07) is 3.07. The third kappa shape index (κ3) is 2.99. The number of fused-ring (bicyclic) bond motifs is 1. The minimum atomic E-state index is -0.414. The molecule has 0 aliphatic carbocycles. The Bertz CT molecular complexity index is 652. The summed E-state index contributed by atoms with van der Waals surface area (Å²) in [4.78, 5) is 6.56. The zero-order valence-corrected chi connectivity index (χ0v) is 13.8. The van der Waals surface area contributed by atoms with Crippen molar-refractivity contribution in [1.82, 2.24) is 14.5 Å². The molecule has 0 aliphatic heterocycles. The quantitative estimate of drug-likeness (QED) is 0.794. The van der Waals surface area contributed by atoms with Crippen molar-refractivity contribution in [2.24, 2.45) is 0 Å². The Morgan fingerprint density at radius 1 is 1.38 bits per heavy atom. The Morgan fingerprint density at radius 2 is 2.05 bits per heavy atom. The fraction of sp³-hybridized carbons (Fsp3) is 0.533. The Morgan fingerprint density at radius 3 is 2.57 bits per heavy atom. The van der Waals surface area contributed by atoms with Crippen molar-refractivity contribution in [3.63, 3.8) is 0 Å². The van der Waals surface area contributed by atoms with Crippen molar-refractivity contribution in [3.05, 3.63) is 23.8 Å². The summed E-state index contributed by atoms with van der Waals surface area (Å²) in [6.07, 6.45) is 0. The van der Waals surface area contributed by atoms with E-state index in [0.717, 1.165) is 11.3 Å². The monoisotopic (exact) mass is 313 g/mol. The number of halogens is 2. The van der Waals surface area contributed by atoms with Gasteiger partial charge in [0.15, 0.2) is 11.6 Å². The van der Waals surface area contributed by atoms with Gasteiger partial charge >= 0.3 is 0 Å². The van der Waals surface area contributed by atoms with Gasteiger partial charge in [-0.05, 0) is 27.9 Å². The predicted octanol–water partition coefficient (Wildman–Crippen LogP) is 3.26. The Balaban J connectivity index is 2.60. The highest BCUT2D eigenvalue weighted by atomic mass is 35.5. The lowest BCUT2D eigenvalue weighted by Gasteiger charge is -2.33. The highest BCUT2D eigenvalue weighted by Crippen LogP contribution is 2.28. The summed E-state index contributed by atoms with van der Waals surface area (Å²) in [7, 11) is 5.51. The van der Waals surface area contributed by atoms with E-state index in [1.165, 1.54) is 13.2 Å². The van der Waals surface area contributed by atoms with Gasteiger partial charge < -0.3 is 14.2 Å². The number of hydrogen-bond acceptors (Lipinski definition) is 3. The molecular weight excluding hydrogens is 293 g/mol. The SMILES string of the molecule is COc1cc2c(cc1F)nc(CCl)n2CC(C)(C)N(C)C. The number of ether oxygens (including phenoxy) is 1. The summed E-state index contributed by atoms with van der Waals surface area (Å²) in [6.45, 7) is 4.97. The Kier molecular flexibility index (Phi) is 4.44. The topological polar surface area (TPSA) is 30.3 Å². The van der Waals surface area contributed by atoms with Crippen molar-refractivity contribution in [2.75, 3.05) is 21.2 Å². The van der Waals surface area contributed by atoms with E-state index in [1.54, 1.807) is 6.07 Å². The summed E-state index contributed by atoms with van der Waals surface area (Å²) < 4.78 is 20.9. The van der Waals surface area contributed by atoms with Gasteiger partial charge in [-0.1, -0.05) is 0 Å². The van der Waals surface area contributed by atoms with Crippen LogP contribution in [-0.4, -0.2) is 41.2 Å². The van der Waals surface area contributed by atoms with E-state index in [4.69, 9.17) is 16.3 Å². The van der Waals surface area contributed by atoms with E-state index in [1.807, 2.05) is 18.7 Å². The van der Waals surface area contributed by atoms with Crippen LogP contribution in [0.3, 0.4) is 0 Å². The summed E-state index contributed by atoms with van der Waals surface area (Å²) >= 11 is 6.00. The summed E-state index contributed by atoms with van der Waals surface area (Å²) in [5.74, 6) is 0.812. The lowest BCUT2D eigenvalue weighted by molar-refractivity contribution is 0.170. The predicted molar refractivity (Wildman–Crippen MR) is 83.6 cm³/mol. The van der Waals surface area contributed by atoms with E-state index >= 15 is 0 Å². The molecule has 0 atom stereocenters. The summed E-state index contributed by atoms with van der Waals surface area (Å²) in [5.41, 5.74) is 1.34. The van der Waals surface area contributed by atoms with Gasteiger partial charge in [-0.3, -0.25) is 0 Å². The number of rotatable bonds is 5. The van der Waals surface area contributed by atoms with Crippen LogP contribution in [0.25, 0.3) is 11.0 Å². The van der Waals surface area contributed by atoms with Crippen LogP contribution in [0.15, 0.2) is 12.1 Å². The normalized spacial score (nSPS) is 12.4. The van der Waals surface area contributed by atoms with Crippen LogP contribution in [0.1, 0.15) is 19.7 Å². The van der Waals surface area contributed by atoms with Gasteiger partial charge in [0.2, 0.25) is 0 Å². The lowest BCUT2D eigenvalue weighted by atomic mass is 10.0. The van der Waals surface area contributed by atoms with E-state index in [-0.39, 0.29) is 17.2 Å². The van der Waals surface area contributed by atoms with Crippen molar-refractivity contribution in [3.8, 4) is 5.75 Å². The number of imidazole rings is 1. The second-order valence-corrected chi connectivity index (χ2v) is 6.20. The molecule has 6 heteroatoms. The maximum Gasteiger partial charge on any atom is 0.167 e. The second-order valence-electron chi connectivity index (χ2n) is 5.93. The summed E-state index contributed by atoms with van der Waals surface area (Å²) in [5, 5.41) is 0. The largest absolute Gasteiger partial charge is 0.494 e. The maximum atomic E-state index is 13.8. The molecule has 116 valence electrons. The minimum absolute atomic E-state index is 0.0872. The first-order valence-electron chi connectivity index (χ1n) is 6.76. The molecule has 1 heterocycles. The first-order chi connectivity index (χ1) is 9.80. The number of aromatic nitrogens is 2.